The molecule has 1 fully saturated rings. The molecule has 0 radical (unpaired) electrons. The smallest absolute Gasteiger partial charge is 0.128 e. The lowest BCUT2D eigenvalue weighted by Gasteiger charge is -2.31. The summed E-state index contributed by atoms with van der Waals surface area (Å²) in [5.41, 5.74) is 0. The molecule has 4 heteroatoms. The molecule has 0 spiro atoms. The molecule has 1 saturated carbocycles. The van der Waals surface area contributed by atoms with E-state index in [9.17, 15) is 0 Å². The highest BCUT2D eigenvalue weighted by molar-refractivity contribution is 7.99. The zero-order valence-electron chi connectivity index (χ0n) is 12.0. The molecule has 1 heterocycles. The zero-order valence-corrected chi connectivity index (χ0v) is 12.8. The molecular weight excluding hydrogens is 254 g/mol. The number of anilines is 2. The van der Waals surface area contributed by atoms with Gasteiger partial charge in [0.05, 0.1) is 0 Å². The van der Waals surface area contributed by atoms with E-state index in [4.69, 9.17) is 0 Å². The van der Waals surface area contributed by atoms with Crippen molar-refractivity contribution in [1.82, 2.24) is 4.98 Å². The van der Waals surface area contributed by atoms with Crippen molar-refractivity contribution in [3.63, 3.8) is 0 Å². The largest absolute Gasteiger partial charge is 0.370 e. The average Bonchev–Trinajstić information content (AvgIpc) is 2.46. The second-order valence-corrected chi connectivity index (χ2v) is 6.22. The minimum absolute atomic E-state index is 0.567. The first-order valence-corrected chi connectivity index (χ1v) is 8.62. The number of hydrogen-bond acceptors (Lipinski definition) is 4. The van der Waals surface area contributed by atoms with Gasteiger partial charge < -0.3 is 10.6 Å². The van der Waals surface area contributed by atoms with Crippen molar-refractivity contribution in [2.45, 2.75) is 50.3 Å². The summed E-state index contributed by atoms with van der Waals surface area (Å²) in [5.74, 6) is 1.98. The quantitative estimate of drug-likeness (QED) is 0.825. The van der Waals surface area contributed by atoms with Gasteiger partial charge >= 0.3 is 0 Å². The SMILES string of the molecule is CCCNc1cccc(NC2CCCCC2SC)n1. The fourth-order valence-electron chi connectivity index (χ4n) is 2.60. The normalized spacial score (nSPS) is 23.1. The van der Waals surface area contributed by atoms with Crippen molar-refractivity contribution >= 4 is 23.4 Å². The van der Waals surface area contributed by atoms with Gasteiger partial charge in [-0.3, -0.25) is 0 Å². The summed E-state index contributed by atoms with van der Waals surface area (Å²) in [6, 6.07) is 6.75. The molecule has 3 nitrogen and oxygen atoms in total. The molecule has 1 aliphatic carbocycles. The molecule has 2 atom stereocenters. The Kier molecular flexibility index (Phi) is 5.83. The van der Waals surface area contributed by atoms with E-state index in [2.05, 4.69) is 40.9 Å². The van der Waals surface area contributed by atoms with E-state index in [0.717, 1.165) is 29.9 Å². The molecule has 0 saturated heterocycles. The van der Waals surface area contributed by atoms with Gasteiger partial charge in [-0.25, -0.2) is 4.98 Å². The van der Waals surface area contributed by atoms with E-state index >= 15 is 0 Å². The highest BCUT2D eigenvalue weighted by Crippen LogP contribution is 2.29. The van der Waals surface area contributed by atoms with Crippen LogP contribution in [0.15, 0.2) is 18.2 Å². The second kappa shape index (κ2) is 7.63. The Balaban J connectivity index is 1.97. The summed E-state index contributed by atoms with van der Waals surface area (Å²) < 4.78 is 0. The van der Waals surface area contributed by atoms with Crippen LogP contribution in [0, 0.1) is 0 Å². The molecule has 0 bridgehead atoms. The Morgan fingerprint density at radius 1 is 1.26 bits per heavy atom. The molecule has 0 aromatic carbocycles. The van der Waals surface area contributed by atoms with Crippen LogP contribution < -0.4 is 10.6 Å². The Bertz CT molecular complexity index is 383. The van der Waals surface area contributed by atoms with E-state index in [1.807, 2.05) is 17.8 Å². The van der Waals surface area contributed by atoms with Crippen LogP contribution in [0.5, 0.6) is 0 Å². The molecule has 2 rings (SSSR count). The van der Waals surface area contributed by atoms with Crippen molar-refractivity contribution in [3.05, 3.63) is 18.2 Å². The number of nitrogens with zero attached hydrogens (tertiary/aromatic N) is 1. The molecule has 1 aliphatic rings. The predicted octanol–water partition coefficient (Wildman–Crippen LogP) is 3.99. The van der Waals surface area contributed by atoms with E-state index in [1.54, 1.807) is 0 Å². The van der Waals surface area contributed by atoms with E-state index in [1.165, 1.54) is 25.7 Å². The molecule has 19 heavy (non-hydrogen) atoms. The van der Waals surface area contributed by atoms with Gasteiger partial charge in [0.15, 0.2) is 0 Å². The molecule has 0 aliphatic heterocycles. The van der Waals surface area contributed by atoms with Crippen LogP contribution in [0.2, 0.25) is 0 Å². The molecule has 1 aromatic heterocycles. The van der Waals surface area contributed by atoms with Crippen molar-refractivity contribution in [3.8, 4) is 0 Å². The summed E-state index contributed by atoms with van der Waals surface area (Å²) in [6.45, 7) is 3.15. The second-order valence-electron chi connectivity index (χ2n) is 5.14. The number of thioether (sulfide) groups is 1. The third-order valence-electron chi connectivity index (χ3n) is 3.64. The van der Waals surface area contributed by atoms with Crippen LogP contribution in [-0.2, 0) is 0 Å². The maximum absolute atomic E-state index is 4.64. The summed E-state index contributed by atoms with van der Waals surface area (Å²) in [6.07, 6.45) is 8.64. The summed E-state index contributed by atoms with van der Waals surface area (Å²) in [5, 5.41) is 7.69. The van der Waals surface area contributed by atoms with Crippen LogP contribution in [0.4, 0.5) is 11.6 Å². The van der Waals surface area contributed by atoms with Gasteiger partial charge in [0.1, 0.15) is 11.6 Å². The minimum Gasteiger partial charge on any atom is -0.370 e. The Morgan fingerprint density at radius 3 is 2.84 bits per heavy atom. The van der Waals surface area contributed by atoms with Gasteiger partial charge in [0, 0.05) is 17.8 Å². The van der Waals surface area contributed by atoms with Gasteiger partial charge in [-0.2, -0.15) is 11.8 Å². The fraction of sp³-hybridized carbons (Fsp3) is 0.667. The van der Waals surface area contributed by atoms with Gasteiger partial charge in [0.25, 0.3) is 0 Å². The van der Waals surface area contributed by atoms with Crippen molar-refractivity contribution in [1.29, 1.82) is 0 Å². The number of rotatable bonds is 6. The maximum Gasteiger partial charge on any atom is 0.128 e. The summed E-state index contributed by atoms with van der Waals surface area (Å²) >= 11 is 1.99. The third-order valence-corrected chi connectivity index (χ3v) is 4.81. The van der Waals surface area contributed by atoms with E-state index < -0.39 is 0 Å². The molecule has 106 valence electrons. The fourth-order valence-corrected chi connectivity index (χ4v) is 3.54. The zero-order chi connectivity index (χ0) is 13.5. The van der Waals surface area contributed by atoms with Gasteiger partial charge in [0.2, 0.25) is 0 Å². The lowest BCUT2D eigenvalue weighted by molar-refractivity contribution is 0.474. The Hall–Kier alpha value is -0.900. The number of nitrogens with one attached hydrogen (secondary N) is 2. The lowest BCUT2D eigenvalue weighted by Crippen LogP contribution is -2.34. The first-order chi connectivity index (χ1) is 9.33. The third kappa shape index (κ3) is 4.30. The predicted molar refractivity (Wildman–Crippen MR) is 86.2 cm³/mol. The van der Waals surface area contributed by atoms with Crippen LogP contribution in [-0.4, -0.2) is 29.1 Å². The average molecular weight is 279 g/mol. The highest BCUT2D eigenvalue weighted by atomic mass is 32.2. The first-order valence-electron chi connectivity index (χ1n) is 7.33. The van der Waals surface area contributed by atoms with Gasteiger partial charge in [-0.05, 0) is 37.7 Å². The minimum atomic E-state index is 0.567. The van der Waals surface area contributed by atoms with Crippen LogP contribution in [0.1, 0.15) is 39.0 Å². The van der Waals surface area contributed by atoms with Gasteiger partial charge in [-0.15, -0.1) is 0 Å². The van der Waals surface area contributed by atoms with E-state index in [-0.39, 0.29) is 0 Å². The number of pyridine rings is 1. The summed E-state index contributed by atoms with van der Waals surface area (Å²) in [7, 11) is 0. The monoisotopic (exact) mass is 279 g/mol. The molecule has 2 unspecified atom stereocenters. The van der Waals surface area contributed by atoms with E-state index in [0.29, 0.717) is 6.04 Å². The summed E-state index contributed by atoms with van der Waals surface area (Å²) in [4.78, 5) is 4.64. The van der Waals surface area contributed by atoms with Crippen LogP contribution in [0.25, 0.3) is 0 Å². The maximum atomic E-state index is 4.64. The van der Waals surface area contributed by atoms with Crippen LogP contribution >= 0.6 is 11.8 Å². The van der Waals surface area contributed by atoms with Crippen molar-refractivity contribution in [2.75, 3.05) is 23.4 Å². The lowest BCUT2D eigenvalue weighted by atomic mass is 9.95. The highest BCUT2D eigenvalue weighted by Gasteiger charge is 2.24. The van der Waals surface area contributed by atoms with Crippen molar-refractivity contribution in [2.24, 2.45) is 0 Å². The topological polar surface area (TPSA) is 37.0 Å². The Morgan fingerprint density at radius 2 is 2.05 bits per heavy atom. The Labute approximate surface area is 121 Å². The standard InChI is InChI=1S/C15H25N3S/c1-3-11-16-14-9-6-10-15(18-14)17-12-7-4-5-8-13(12)19-2/h6,9-10,12-13H,3-5,7-8,11H2,1-2H3,(H2,16,17,18). The first kappa shape index (κ1) is 14.5. The van der Waals surface area contributed by atoms with Crippen LogP contribution in [0.3, 0.4) is 0 Å². The molecular formula is C15H25N3S. The van der Waals surface area contributed by atoms with Gasteiger partial charge in [-0.1, -0.05) is 25.8 Å². The number of hydrogen-bond donors (Lipinski definition) is 2. The number of aromatic nitrogens is 1. The molecule has 2 N–H and O–H groups in total. The molecule has 0 amide bonds. The molecule has 1 aromatic rings. The van der Waals surface area contributed by atoms with Crippen molar-refractivity contribution < 1.29 is 0 Å².